The molecule has 1 aliphatic heterocycles. The monoisotopic (exact) mass is 424 g/mol. The number of benzene rings is 1. The maximum atomic E-state index is 12.7. The Hall–Kier alpha value is -3.09. The smallest absolute Gasteiger partial charge is 0.324 e. The highest BCUT2D eigenvalue weighted by Crippen LogP contribution is 2.27. The number of pyridine rings is 1. The average molecular weight is 425 g/mol. The van der Waals surface area contributed by atoms with Crippen LogP contribution in [0.3, 0.4) is 0 Å². The van der Waals surface area contributed by atoms with E-state index in [1.165, 1.54) is 0 Å². The predicted molar refractivity (Wildman–Crippen MR) is 123 cm³/mol. The first kappa shape index (κ1) is 22.6. The van der Waals surface area contributed by atoms with E-state index in [4.69, 9.17) is 9.57 Å². The maximum absolute atomic E-state index is 12.7. The fraction of sp³-hybridized carbons (Fsp3) is 0.458. The minimum atomic E-state index is 0.0752. The standard InChI is InChI=1S/C24H32N4O3/c1-4-31-26-19-20-5-7-22(8-6-20)30-18-12-24(2,3)11-15-27-16-17-28(23(27)29)21-9-13-25-14-10-21/h5-10,13-14,19H,4,11-12,15-18H2,1-3H3/b26-19+. The molecule has 1 saturated heterocycles. The summed E-state index contributed by atoms with van der Waals surface area (Å²) in [5, 5.41) is 3.86. The molecule has 0 spiro atoms. The van der Waals surface area contributed by atoms with Gasteiger partial charge in [-0.05, 0) is 67.1 Å². The molecule has 0 radical (unpaired) electrons. The lowest BCUT2D eigenvalue weighted by molar-refractivity contribution is 0.160. The van der Waals surface area contributed by atoms with Crippen LogP contribution in [-0.4, -0.2) is 55.0 Å². The molecular formula is C24H32N4O3. The van der Waals surface area contributed by atoms with Crippen LogP contribution in [-0.2, 0) is 4.84 Å². The van der Waals surface area contributed by atoms with Gasteiger partial charge in [-0.15, -0.1) is 0 Å². The molecule has 0 unspecified atom stereocenters. The summed E-state index contributed by atoms with van der Waals surface area (Å²) in [6.45, 7) is 9.77. The summed E-state index contributed by atoms with van der Waals surface area (Å²) in [7, 11) is 0. The molecule has 1 aliphatic rings. The van der Waals surface area contributed by atoms with Crippen molar-refractivity contribution in [2.75, 3.05) is 37.7 Å². The van der Waals surface area contributed by atoms with Gasteiger partial charge in [0.05, 0.1) is 12.8 Å². The zero-order valence-electron chi connectivity index (χ0n) is 18.7. The highest BCUT2D eigenvalue weighted by molar-refractivity contribution is 5.94. The molecule has 0 bridgehead atoms. The van der Waals surface area contributed by atoms with E-state index in [9.17, 15) is 4.79 Å². The van der Waals surface area contributed by atoms with Crippen molar-refractivity contribution in [2.45, 2.75) is 33.6 Å². The topological polar surface area (TPSA) is 67.3 Å². The van der Waals surface area contributed by atoms with Crippen molar-refractivity contribution in [3.8, 4) is 5.75 Å². The van der Waals surface area contributed by atoms with Gasteiger partial charge in [0.25, 0.3) is 0 Å². The first-order valence-electron chi connectivity index (χ1n) is 10.8. The van der Waals surface area contributed by atoms with Crippen molar-refractivity contribution in [2.24, 2.45) is 10.6 Å². The number of hydrogen-bond donors (Lipinski definition) is 0. The average Bonchev–Trinajstić information content (AvgIpc) is 3.14. The molecule has 166 valence electrons. The quantitative estimate of drug-likeness (QED) is 0.391. The molecule has 7 heteroatoms. The molecular weight excluding hydrogens is 392 g/mol. The molecule has 1 aromatic heterocycles. The molecule has 2 aromatic rings. The van der Waals surface area contributed by atoms with Crippen LogP contribution >= 0.6 is 0 Å². The fourth-order valence-corrected chi connectivity index (χ4v) is 3.38. The van der Waals surface area contributed by atoms with Crippen molar-refractivity contribution < 1.29 is 14.4 Å². The Morgan fingerprint density at radius 3 is 2.55 bits per heavy atom. The van der Waals surface area contributed by atoms with Crippen LogP contribution in [0, 0.1) is 5.41 Å². The van der Waals surface area contributed by atoms with E-state index >= 15 is 0 Å². The van der Waals surface area contributed by atoms with Crippen molar-refractivity contribution in [1.29, 1.82) is 0 Å². The number of rotatable bonds is 11. The fourth-order valence-electron chi connectivity index (χ4n) is 3.38. The predicted octanol–water partition coefficient (Wildman–Crippen LogP) is 4.58. The molecule has 0 N–H and O–H groups in total. The van der Waals surface area contributed by atoms with E-state index in [1.54, 1.807) is 18.6 Å². The third-order valence-corrected chi connectivity index (χ3v) is 5.46. The van der Waals surface area contributed by atoms with Crippen LogP contribution < -0.4 is 9.64 Å². The summed E-state index contributed by atoms with van der Waals surface area (Å²) in [5.41, 5.74) is 1.96. The summed E-state index contributed by atoms with van der Waals surface area (Å²) < 4.78 is 5.92. The first-order valence-corrected chi connectivity index (χ1v) is 10.8. The van der Waals surface area contributed by atoms with Gasteiger partial charge in [-0.25, -0.2) is 4.79 Å². The van der Waals surface area contributed by atoms with Gasteiger partial charge in [-0.3, -0.25) is 9.88 Å². The number of anilines is 1. The zero-order chi connectivity index (χ0) is 22.1. The first-order chi connectivity index (χ1) is 15.0. The number of ether oxygens (including phenoxy) is 1. The molecule has 31 heavy (non-hydrogen) atoms. The lowest BCUT2D eigenvalue weighted by Crippen LogP contribution is -2.34. The second kappa shape index (κ2) is 10.8. The summed E-state index contributed by atoms with van der Waals surface area (Å²) in [6, 6.07) is 11.6. The largest absolute Gasteiger partial charge is 0.494 e. The molecule has 0 atom stereocenters. The summed E-state index contributed by atoms with van der Waals surface area (Å²) >= 11 is 0. The van der Waals surface area contributed by atoms with E-state index in [-0.39, 0.29) is 11.4 Å². The SMILES string of the molecule is CCO/N=C/c1ccc(OCCC(C)(C)CCN2CCN(c3ccncc3)C2=O)cc1. The van der Waals surface area contributed by atoms with Crippen molar-refractivity contribution in [3.05, 3.63) is 54.4 Å². The van der Waals surface area contributed by atoms with E-state index in [0.717, 1.165) is 49.5 Å². The van der Waals surface area contributed by atoms with Crippen molar-refractivity contribution in [3.63, 3.8) is 0 Å². The minimum Gasteiger partial charge on any atom is -0.494 e. The van der Waals surface area contributed by atoms with Crippen LogP contribution in [0.25, 0.3) is 0 Å². The Bertz CT molecular complexity index is 853. The van der Waals surface area contributed by atoms with Crippen molar-refractivity contribution >= 4 is 17.9 Å². The Morgan fingerprint density at radius 2 is 1.84 bits per heavy atom. The lowest BCUT2D eigenvalue weighted by Gasteiger charge is -2.27. The van der Waals surface area contributed by atoms with Crippen LogP contribution in [0.5, 0.6) is 5.75 Å². The van der Waals surface area contributed by atoms with Gasteiger partial charge in [0.15, 0.2) is 0 Å². The number of carbonyl (C=O) groups excluding carboxylic acids is 1. The van der Waals surface area contributed by atoms with Crippen LogP contribution in [0.15, 0.2) is 53.9 Å². The Labute approximate surface area is 184 Å². The zero-order valence-corrected chi connectivity index (χ0v) is 18.7. The molecule has 7 nitrogen and oxygen atoms in total. The molecule has 0 aliphatic carbocycles. The Morgan fingerprint density at radius 1 is 1.10 bits per heavy atom. The van der Waals surface area contributed by atoms with Gasteiger partial charge in [-0.1, -0.05) is 19.0 Å². The lowest BCUT2D eigenvalue weighted by atomic mass is 9.86. The molecule has 1 aromatic carbocycles. The van der Waals surface area contributed by atoms with Gasteiger partial charge in [0.1, 0.15) is 12.4 Å². The van der Waals surface area contributed by atoms with Crippen molar-refractivity contribution in [1.82, 2.24) is 9.88 Å². The number of amides is 2. The third kappa shape index (κ3) is 6.70. The molecule has 1 fully saturated rings. The summed E-state index contributed by atoms with van der Waals surface area (Å²) in [5.74, 6) is 0.840. The minimum absolute atomic E-state index is 0.0752. The second-order valence-electron chi connectivity index (χ2n) is 8.36. The number of aromatic nitrogens is 1. The number of carbonyl (C=O) groups is 1. The normalized spacial score (nSPS) is 14.5. The van der Waals surface area contributed by atoms with Gasteiger partial charge in [0.2, 0.25) is 0 Å². The number of hydrogen-bond acceptors (Lipinski definition) is 5. The van der Waals surface area contributed by atoms with Gasteiger partial charge in [0, 0.05) is 37.7 Å². The Kier molecular flexibility index (Phi) is 7.87. The Balaban J connectivity index is 1.41. The summed E-state index contributed by atoms with van der Waals surface area (Å²) in [6.07, 6.45) is 6.97. The highest BCUT2D eigenvalue weighted by atomic mass is 16.6. The van der Waals surface area contributed by atoms with E-state index in [1.807, 2.05) is 53.1 Å². The van der Waals surface area contributed by atoms with Crippen LogP contribution in [0.2, 0.25) is 0 Å². The number of oxime groups is 1. The summed E-state index contributed by atoms with van der Waals surface area (Å²) in [4.78, 5) is 25.5. The number of nitrogens with zero attached hydrogens (tertiary/aromatic N) is 4. The van der Waals surface area contributed by atoms with Crippen LogP contribution in [0.4, 0.5) is 10.5 Å². The van der Waals surface area contributed by atoms with Gasteiger partial charge >= 0.3 is 6.03 Å². The van der Waals surface area contributed by atoms with E-state index in [2.05, 4.69) is 24.0 Å². The molecule has 0 saturated carbocycles. The van der Waals surface area contributed by atoms with E-state index in [0.29, 0.717) is 13.2 Å². The second-order valence-corrected chi connectivity index (χ2v) is 8.36. The molecule has 2 heterocycles. The van der Waals surface area contributed by atoms with E-state index < -0.39 is 0 Å². The number of urea groups is 1. The third-order valence-electron chi connectivity index (χ3n) is 5.46. The molecule has 2 amide bonds. The molecule has 3 rings (SSSR count). The van der Waals surface area contributed by atoms with Crippen LogP contribution in [0.1, 0.15) is 39.2 Å². The highest BCUT2D eigenvalue weighted by Gasteiger charge is 2.30. The maximum Gasteiger partial charge on any atom is 0.324 e. The van der Waals surface area contributed by atoms with Gasteiger partial charge < -0.3 is 14.5 Å². The van der Waals surface area contributed by atoms with Gasteiger partial charge in [-0.2, -0.15) is 0 Å².